The Morgan fingerprint density at radius 2 is 1.74 bits per heavy atom. The quantitative estimate of drug-likeness (QED) is 0.514. The van der Waals surface area contributed by atoms with Crippen molar-refractivity contribution in [3.8, 4) is 5.75 Å². The number of carbonyl (C=O) groups is 2. The zero-order valence-corrected chi connectivity index (χ0v) is 18.2. The summed E-state index contributed by atoms with van der Waals surface area (Å²) >= 11 is 5.96. The lowest BCUT2D eigenvalue weighted by Gasteiger charge is -2.09. The number of aromatic nitrogens is 2. The Bertz CT molecular complexity index is 1050. The summed E-state index contributed by atoms with van der Waals surface area (Å²) in [5, 5.41) is 7.73. The first-order chi connectivity index (χ1) is 14.9. The summed E-state index contributed by atoms with van der Waals surface area (Å²) in [4.78, 5) is 23.9. The molecular formula is C23H24ClN3O4. The molecule has 0 aliphatic heterocycles. The van der Waals surface area contributed by atoms with Gasteiger partial charge in [-0.25, -0.2) is 4.79 Å². The Balaban J connectivity index is 1.45. The van der Waals surface area contributed by atoms with Crippen LogP contribution in [0.25, 0.3) is 0 Å². The fourth-order valence-corrected chi connectivity index (χ4v) is 3.21. The lowest BCUT2D eigenvalue weighted by Crippen LogP contribution is -2.29. The predicted octanol–water partition coefficient (Wildman–Crippen LogP) is 3.44. The number of carbonyl (C=O) groups excluding carboxylic acids is 2. The number of amides is 1. The Labute approximate surface area is 185 Å². The second kappa shape index (κ2) is 10.6. The minimum absolute atomic E-state index is 0.305. The molecule has 0 aliphatic rings. The molecule has 2 aromatic carbocycles. The van der Waals surface area contributed by atoms with Gasteiger partial charge in [-0.3, -0.25) is 9.48 Å². The number of hydrogen-bond donors (Lipinski definition) is 1. The van der Waals surface area contributed by atoms with Gasteiger partial charge in [-0.1, -0.05) is 54.1 Å². The van der Waals surface area contributed by atoms with Crippen LogP contribution < -0.4 is 10.1 Å². The first-order valence-electron chi connectivity index (χ1n) is 9.80. The van der Waals surface area contributed by atoms with Gasteiger partial charge in [-0.05, 0) is 31.5 Å². The Morgan fingerprint density at radius 1 is 1.03 bits per heavy atom. The average molecular weight is 442 g/mol. The van der Waals surface area contributed by atoms with Gasteiger partial charge in [0.1, 0.15) is 5.75 Å². The molecule has 0 bridgehead atoms. The molecule has 1 N–H and O–H groups in total. The first kappa shape index (κ1) is 22.4. The number of nitrogens with zero attached hydrogens (tertiary/aromatic N) is 2. The maximum Gasteiger partial charge on any atom is 0.344 e. The molecule has 7 nitrogen and oxygen atoms in total. The summed E-state index contributed by atoms with van der Waals surface area (Å²) in [6.07, 6.45) is 0. The highest BCUT2D eigenvalue weighted by Gasteiger charge is 2.14. The van der Waals surface area contributed by atoms with Crippen LogP contribution in [0.15, 0.2) is 54.6 Å². The fraction of sp³-hybridized carbons (Fsp3) is 0.261. The zero-order valence-electron chi connectivity index (χ0n) is 17.4. The molecule has 0 aliphatic carbocycles. The number of nitrogens with one attached hydrogen (secondary N) is 1. The Hall–Kier alpha value is -3.32. The van der Waals surface area contributed by atoms with Crippen molar-refractivity contribution in [2.45, 2.75) is 26.9 Å². The number of para-hydroxylation sites is 1. The minimum atomic E-state index is -0.655. The van der Waals surface area contributed by atoms with Crippen LogP contribution in [0.3, 0.4) is 0 Å². The van der Waals surface area contributed by atoms with Crippen molar-refractivity contribution in [1.82, 2.24) is 15.1 Å². The normalized spacial score (nSPS) is 10.5. The van der Waals surface area contributed by atoms with Crippen molar-refractivity contribution in [3.05, 3.63) is 82.1 Å². The van der Waals surface area contributed by atoms with Crippen molar-refractivity contribution < 1.29 is 19.1 Å². The van der Waals surface area contributed by atoms with Crippen LogP contribution in [0.4, 0.5) is 0 Å². The molecule has 0 spiro atoms. The van der Waals surface area contributed by atoms with Gasteiger partial charge in [-0.2, -0.15) is 5.10 Å². The largest absolute Gasteiger partial charge is 0.480 e. The summed E-state index contributed by atoms with van der Waals surface area (Å²) in [5.74, 6) is -0.678. The first-order valence-corrected chi connectivity index (χ1v) is 10.2. The third-order valence-electron chi connectivity index (χ3n) is 4.72. The standard InChI is InChI=1S/C23H24ClN3O4/c1-16-19(17(2)27(26-16)13-18-8-4-3-5-9-18)12-25-22(28)14-31-23(29)15-30-21-11-7-6-10-20(21)24/h3-11H,12-15H2,1-2H3,(H,25,28). The van der Waals surface area contributed by atoms with Crippen LogP contribution in [-0.2, 0) is 27.4 Å². The number of benzene rings is 2. The lowest BCUT2D eigenvalue weighted by atomic mass is 10.2. The molecule has 0 saturated heterocycles. The van der Waals surface area contributed by atoms with Crippen LogP contribution in [0.1, 0.15) is 22.5 Å². The van der Waals surface area contributed by atoms with Gasteiger partial charge in [0.2, 0.25) is 0 Å². The molecule has 0 atom stereocenters. The Morgan fingerprint density at radius 3 is 2.48 bits per heavy atom. The number of esters is 1. The van der Waals surface area contributed by atoms with Gasteiger partial charge in [-0.15, -0.1) is 0 Å². The highest BCUT2D eigenvalue weighted by molar-refractivity contribution is 6.32. The van der Waals surface area contributed by atoms with E-state index in [9.17, 15) is 9.59 Å². The second-order valence-corrected chi connectivity index (χ2v) is 7.36. The van der Waals surface area contributed by atoms with E-state index in [-0.39, 0.29) is 13.2 Å². The van der Waals surface area contributed by atoms with Crippen molar-refractivity contribution in [2.75, 3.05) is 13.2 Å². The number of aryl methyl sites for hydroxylation is 1. The predicted molar refractivity (Wildman–Crippen MR) is 117 cm³/mol. The van der Waals surface area contributed by atoms with Crippen molar-refractivity contribution in [3.63, 3.8) is 0 Å². The van der Waals surface area contributed by atoms with Gasteiger partial charge in [0.25, 0.3) is 5.91 Å². The molecule has 0 saturated carbocycles. The molecule has 3 rings (SSSR count). The summed E-state index contributed by atoms with van der Waals surface area (Å²) in [7, 11) is 0. The topological polar surface area (TPSA) is 82.5 Å². The molecule has 8 heteroatoms. The van der Waals surface area contributed by atoms with Crippen molar-refractivity contribution >= 4 is 23.5 Å². The molecule has 1 aromatic heterocycles. The summed E-state index contributed by atoms with van der Waals surface area (Å²) in [6.45, 7) is 4.12. The summed E-state index contributed by atoms with van der Waals surface area (Å²) in [6, 6.07) is 16.8. The van der Waals surface area contributed by atoms with E-state index in [0.717, 1.165) is 22.5 Å². The maximum absolute atomic E-state index is 12.1. The Kier molecular flexibility index (Phi) is 7.67. The van der Waals surface area contributed by atoms with Gasteiger partial charge in [0, 0.05) is 17.8 Å². The molecule has 0 unspecified atom stereocenters. The van der Waals surface area contributed by atoms with E-state index in [1.165, 1.54) is 0 Å². The molecule has 1 heterocycles. The minimum Gasteiger partial charge on any atom is -0.480 e. The van der Waals surface area contributed by atoms with E-state index in [1.54, 1.807) is 24.3 Å². The molecule has 1 amide bonds. The highest BCUT2D eigenvalue weighted by Crippen LogP contribution is 2.22. The smallest absolute Gasteiger partial charge is 0.344 e. The van der Waals surface area contributed by atoms with Gasteiger partial charge in [0.15, 0.2) is 13.2 Å². The summed E-state index contributed by atoms with van der Waals surface area (Å²) < 4.78 is 12.2. The van der Waals surface area contributed by atoms with Crippen LogP contribution in [0, 0.1) is 13.8 Å². The summed E-state index contributed by atoms with van der Waals surface area (Å²) in [5.41, 5.74) is 3.91. The third-order valence-corrected chi connectivity index (χ3v) is 5.03. The van der Waals surface area contributed by atoms with Gasteiger partial charge < -0.3 is 14.8 Å². The second-order valence-electron chi connectivity index (χ2n) is 6.95. The van der Waals surface area contributed by atoms with Crippen LogP contribution in [-0.4, -0.2) is 34.9 Å². The van der Waals surface area contributed by atoms with Crippen LogP contribution in [0.2, 0.25) is 5.02 Å². The van der Waals surface area contributed by atoms with Crippen molar-refractivity contribution in [1.29, 1.82) is 0 Å². The van der Waals surface area contributed by atoms with E-state index in [2.05, 4.69) is 10.4 Å². The number of hydrogen-bond acceptors (Lipinski definition) is 5. The molecule has 31 heavy (non-hydrogen) atoms. The number of ether oxygens (including phenoxy) is 2. The number of rotatable bonds is 9. The molecule has 3 aromatic rings. The highest BCUT2D eigenvalue weighted by atomic mass is 35.5. The monoisotopic (exact) mass is 441 g/mol. The van der Waals surface area contributed by atoms with E-state index < -0.39 is 11.9 Å². The lowest BCUT2D eigenvalue weighted by molar-refractivity contribution is -0.150. The maximum atomic E-state index is 12.1. The van der Waals surface area contributed by atoms with Gasteiger partial charge >= 0.3 is 5.97 Å². The molecule has 162 valence electrons. The zero-order chi connectivity index (χ0) is 22.2. The molecule has 0 radical (unpaired) electrons. The van der Waals surface area contributed by atoms with Crippen LogP contribution in [0.5, 0.6) is 5.75 Å². The molecular weight excluding hydrogens is 418 g/mol. The number of halogens is 1. The van der Waals surface area contributed by atoms with E-state index in [0.29, 0.717) is 23.9 Å². The van der Waals surface area contributed by atoms with Gasteiger partial charge in [0.05, 0.1) is 17.3 Å². The molecule has 0 fully saturated rings. The fourth-order valence-electron chi connectivity index (χ4n) is 3.02. The SMILES string of the molecule is Cc1nn(Cc2ccccc2)c(C)c1CNC(=O)COC(=O)COc1ccccc1Cl. The van der Waals surface area contributed by atoms with Crippen molar-refractivity contribution in [2.24, 2.45) is 0 Å². The van der Waals surface area contributed by atoms with Crippen LogP contribution >= 0.6 is 11.6 Å². The average Bonchev–Trinajstić information content (AvgIpc) is 3.03. The van der Waals surface area contributed by atoms with E-state index in [1.807, 2.05) is 48.9 Å². The van der Waals surface area contributed by atoms with E-state index in [4.69, 9.17) is 21.1 Å². The van der Waals surface area contributed by atoms with E-state index >= 15 is 0 Å². The third kappa shape index (κ3) is 6.33.